The zero-order valence-electron chi connectivity index (χ0n) is 7.84. The number of benzene rings is 1. The Labute approximate surface area is 82.4 Å². The van der Waals surface area contributed by atoms with Crippen molar-refractivity contribution in [2.45, 2.75) is 6.92 Å². The first-order chi connectivity index (χ1) is 6.84. The molecular weight excluding hydrogens is 176 g/mol. The minimum Gasteiger partial charge on any atom is -0.424 e. The molecule has 70 valence electrons. The quantitative estimate of drug-likeness (QED) is 0.723. The molecule has 0 atom stereocenters. The molecule has 0 fully saturated rings. The second kappa shape index (κ2) is 3.87. The third-order valence-electron chi connectivity index (χ3n) is 1.74. The third kappa shape index (κ3) is 2.07. The van der Waals surface area contributed by atoms with Gasteiger partial charge in [0.2, 0.25) is 0 Å². The highest BCUT2D eigenvalue weighted by atomic mass is 16.5. The molecule has 2 rings (SSSR count). The minimum absolute atomic E-state index is 0.373. The van der Waals surface area contributed by atoms with Crippen LogP contribution >= 0.6 is 0 Å². The van der Waals surface area contributed by atoms with Crippen LogP contribution in [-0.2, 0) is 0 Å². The van der Waals surface area contributed by atoms with Crippen LogP contribution in [0.15, 0.2) is 42.7 Å². The Morgan fingerprint density at radius 1 is 1.07 bits per heavy atom. The molecule has 1 aromatic heterocycles. The molecule has 3 nitrogen and oxygen atoms in total. The molecule has 0 amide bonds. The molecule has 14 heavy (non-hydrogen) atoms. The zero-order chi connectivity index (χ0) is 9.80. The summed E-state index contributed by atoms with van der Waals surface area (Å²) in [4.78, 5) is 7.94. The second-order valence-corrected chi connectivity index (χ2v) is 2.95. The molecule has 0 aliphatic heterocycles. The van der Waals surface area contributed by atoms with E-state index in [2.05, 4.69) is 9.97 Å². The van der Waals surface area contributed by atoms with Crippen molar-refractivity contribution in [2.24, 2.45) is 0 Å². The molecule has 0 saturated heterocycles. The predicted molar refractivity (Wildman–Crippen MR) is 53.3 cm³/mol. The van der Waals surface area contributed by atoms with E-state index < -0.39 is 0 Å². The molecule has 3 heteroatoms. The highest BCUT2D eigenvalue weighted by Gasteiger charge is 1.97. The van der Waals surface area contributed by atoms with Crippen molar-refractivity contribution in [2.75, 3.05) is 0 Å². The van der Waals surface area contributed by atoms with Crippen LogP contribution in [0.4, 0.5) is 0 Å². The summed E-state index contributed by atoms with van der Waals surface area (Å²) < 4.78 is 5.44. The Morgan fingerprint density at radius 3 is 2.57 bits per heavy atom. The molecule has 0 saturated carbocycles. The lowest BCUT2D eigenvalue weighted by Gasteiger charge is -2.02. The number of rotatable bonds is 2. The smallest absolute Gasteiger partial charge is 0.321 e. The van der Waals surface area contributed by atoms with Crippen LogP contribution < -0.4 is 4.74 Å². The maximum Gasteiger partial charge on any atom is 0.321 e. The molecule has 0 aliphatic rings. The largest absolute Gasteiger partial charge is 0.424 e. The van der Waals surface area contributed by atoms with Crippen LogP contribution in [0.5, 0.6) is 11.8 Å². The molecule has 0 N–H and O–H groups in total. The normalized spacial score (nSPS) is 9.79. The Morgan fingerprint density at radius 2 is 1.86 bits per heavy atom. The summed E-state index contributed by atoms with van der Waals surface area (Å²) in [5.41, 5.74) is 1.15. The number of aryl methyl sites for hydroxylation is 1. The number of hydrogen-bond acceptors (Lipinski definition) is 3. The second-order valence-electron chi connectivity index (χ2n) is 2.95. The fourth-order valence-electron chi connectivity index (χ4n) is 1.12. The van der Waals surface area contributed by atoms with E-state index in [1.807, 2.05) is 31.2 Å². The van der Waals surface area contributed by atoms with Crippen molar-refractivity contribution in [3.05, 3.63) is 48.3 Å². The standard InChI is InChI=1S/C11H10N2O/c1-9-4-2-5-10(8-9)14-11-12-6-3-7-13-11/h2-8H,1H3. The fraction of sp³-hybridized carbons (Fsp3) is 0.0909. The van der Waals surface area contributed by atoms with E-state index in [1.54, 1.807) is 18.5 Å². The Hall–Kier alpha value is -1.90. The van der Waals surface area contributed by atoms with Crippen LogP contribution in [-0.4, -0.2) is 9.97 Å². The van der Waals surface area contributed by atoms with Gasteiger partial charge in [-0.1, -0.05) is 12.1 Å². The molecule has 0 spiro atoms. The van der Waals surface area contributed by atoms with Gasteiger partial charge in [0, 0.05) is 12.4 Å². The van der Waals surface area contributed by atoms with Crippen LogP contribution in [0.2, 0.25) is 0 Å². The van der Waals surface area contributed by atoms with Gasteiger partial charge >= 0.3 is 6.01 Å². The van der Waals surface area contributed by atoms with Crippen molar-refractivity contribution in [3.8, 4) is 11.8 Å². The minimum atomic E-state index is 0.373. The molecule has 2 aromatic rings. The zero-order valence-corrected chi connectivity index (χ0v) is 7.84. The van der Waals surface area contributed by atoms with E-state index in [0.29, 0.717) is 6.01 Å². The van der Waals surface area contributed by atoms with Crippen LogP contribution in [0, 0.1) is 6.92 Å². The van der Waals surface area contributed by atoms with Crippen molar-refractivity contribution >= 4 is 0 Å². The topological polar surface area (TPSA) is 35.0 Å². The van der Waals surface area contributed by atoms with E-state index in [-0.39, 0.29) is 0 Å². The third-order valence-corrected chi connectivity index (χ3v) is 1.74. The van der Waals surface area contributed by atoms with Crippen LogP contribution in [0.3, 0.4) is 0 Å². The average Bonchev–Trinajstić information content (AvgIpc) is 2.19. The van der Waals surface area contributed by atoms with E-state index in [1.165, 1.54) is 0 Å². The highest BCUT2D eigenvalue weighted by Crippen LogP contribution is 2.17. The van der Waals surface area contributed by atoms with Gasteiger partial charge < -0.3 is 4.74 Å². The van der Waals surface area contributed by atoms with Crippen LogP contribution in [0.25, 0.3) is 0 Å². The highest BCUT2D eigenvalue weighted by molar-refractivity contribution is 5.29. The van der Waals surface area contributed by atoms with E-state index >= 15 is 0 Å². The molecule has 1 heterocycles. The van der Waals surface area contributed by atoms with Crippen molar-refractivity contribution in [3.63, 3.8) is 0 Å². The van der Waals surface area contributed by atoms with Gasteiger partial charge in [-0.05, 0) is 30.7 Å². The van der Waals surface area contributed by atoms with E-state index in [9.17, 15) is 0 Å². The van der Waals surface area contributed by atoms with Gasteiger partial charge in [0.05, 0.1) is 0 Å². The summed E-state index contributed by atoms with van der Waals surface area (Å²) in [6, 6.07) is 9.90. The predicted octanol–water partition coefficient (Wildman–Crippen LogP) is 2.58. The summed E-state index contributed by atoms with van der Waals surface area (Å²) in [5, 5.41) is 0. The first kappa shape index (κ1) is 8.69. The maximum absolute atomic E-state index is 5.44. The van der Waals surface area contributed by atoms with Gasteiger partial charge in [0.25, 0.3) is 0 Å². The average molecular weight is 186 g/mol. The fourth-order valence-corrected chi connectivity index (χ4v) is 1.12. The first-order valence-electron chi connectivity index (χ1n) is 4.36. The summed E-state index contributed by atoms with van der Waals surface area (Å²) in [6.07, 6.45) is 3.30. The summed E-state index contributed by atoms with van der Waals surface area (Å²) in [6.45, 7) is 2.01. The molecule has 0 bridgehead atoms. The monoisotopic (exact) mass is 186 g/mol. The van der Waals surface area contributed by atoms with Gasteiger partial charge in [0.1, 0.15) is 5.75 Å². The van der Waals surface area contributed by atoms with Gasteiger partial charge in [-0.15, -0.1) is 0 Å². The van der Waals surface area contributed by atoms with Crippen molar-refractivity contribution in [1.82, 2.24) is 9.97 Å². The SMILES string of the molecule is Cc1cccc(Oc2ncccn2)c1. The van der Waals surface area contributed by atoms with E-state index in [4.69, 9.17) is 4.74 Å². The van der Waals surface area contributed by atoms with Gasteiger partial charge in [-0.3, -0.25) is 0 Å². The van der Waals surface area contributed by atoms with E-state index in [0.717, 1.165) is 11.3 Å². The summed E-state index contributed by atoms with van der Waals surface area (Å²) in [5.74, 6) is 0.760. The lowest BCUT2D eigenvalue weighted by molar-refractivity contribution is 0.441. The van der Waals surface area contributed by atoms with Crippen molar-refractivity contribution in [1.29, 1.82) is 0 Å². The first-order valence-corrected chi connectivity index (χ1v) is 4.36. The lowest BCUT2D eigenvalue weighted by Crippen LogP contribution is -1.89. The summed E-state index contributed by atoms with van der Waals surface area (Å²) in [7, 11) is 0. The number of aromatic nitrogens is 2. The number of nitrogens with zero attached hydrogens (tertiary/aromatic N) is 2. The lowest BCUT2D eigenvalue weighted by atomic mass is 10.2. The van der Waals surface area contributed by atoms with Crippen LogP contribution in [0.1, 0.15) is 5.56 Å². The van der Waals surface area contributed by atoms with Crippen molar-refractivity contribution < 1.29 is 4.74 Å². The summed E-state index contributed by atoms with van der Waals surface area (Å²) >= 11 is 0. The Bertz CT molecular complexity index is 415. The van der Waals surface area contributed by atoms with Gasteiger partial charge in [-0.25, -0.2) is 9.97 Å². The molecule has 0 radical (unpaired) electrons. The van der Waals surface area contributed by atoms with Gasteiger partial charge in [0.15, 0.2) is 0 Å². The molecule has 0 aliphatic carbocycles. The maximum atomic E-state index is 5.44. The molecular formula is C11H10N2O. The molecule has 0 unspecified atom stereocenters. The number of ether oxygens (including phenoxy) is 1. The Kier molecular flexibility index (Phi) is 2.40. The Balaban J connectivity index is 2.19. The molecule has 1 aromatic carbocycles. The van der Waals surface area contributed by atoms with Gasteiger partial charge in [-0.2, -0.15) is 0 Å². The number of hydrogen-bond donors (Lipinski definition) is 0.